The van der Waals surface area contributed by atoms with Gasteiger partial charge >= 0.3 is 6.09 Å². The lowest BCUT2D eigenvalue weighted by Crippen LogP contribution is -2.29. The number of Topliss-reactive ketones (excluding diaryl/α,β-unsaturated/α-hetero) is 1. The number of amides is 2. The number of aromatic amines is 1. The molecule has 0 fully saturated rings. The molecule has 0 aliphatic carbocycles. The summed E-state index contributed by atoms with van der Waals surface area (Å²) >= 11 is 5.94. The molecule has 0 spiro atoms. The molecule has 0 bridgehead atoms. The van der Waals surface area contributed by atoms with E-state index in [1.165, 1.54) is 13.0 Å². The molecule has 1 heterocycles. The lowest BCUT2D eigenvalue weighted by molar-refractivity contribution is -0.125. The number of aromatic nitrogens is 2. The summed E-state index contributed by atoms with van der Waals surface area (Å²) in [6, 6.07) is 6.16. The first kappa shape index (κ1) is 17.5. The topological polar surface area (TPSA) is 127 Å². The molecule has 0 aliphatic heterocycles. The third kappa shape index (κ3) is 4.56. The number of ether oxygens (including phenoxy) is 1. The molecular formula is C15H15ClN4O4. The number of nitrogens with one attached hydrogen (secondary N) is 2. The van der Waals surface area contributed by atoms with Crippen LogP contribution in [0.5, 0.6) is 0 Å². The number of rotatable bonds is 6. The van der Waals surface area contributed by atoms with E-state index in [-0.39, 0.29) is 12.0 Å². The highest BCUT2D eigenvalue weighted by Gasteiger charge is 2.20. The monoisotopic (exact) mass is 350 g/mol. The van der Waals surface area contributed by atoms with Gasteiger partial charge in [-0.25, -0.2) is 4.79 Å². The van der Waals surface area contributed by atoms with Crippen molar-refractivity contribution in [3.63, 3.8) is 0 Å². The maximum Gasteiger partial charge on any atom is 0.405 e. The Kier molecular flexibility index (Phi) is 5.54. The fourth-order valence-electron chi connectivity index (χ4n) is 2.00. The second kappa shape index (κ2) is 7.60. The highest BCUT2D eigenvalue weighted by molar-refractivity contribution is 6.31. The zero-order valence-corrected chi connectivity index (χ0v) is 13.5. The van der Waals surface area contributed by atoms with Crippen molar-refractivity contribution in [2.24, 2.45) is 5.73 Å². The highest BCUT2D eigenvalue weighted by Crippen LogP contribution is 2.19. The number of primary amides is 1. The van der Waals surface area contributed by atoms with Crippen molar-refractivity contribution in [3.8, 4) is 0 Å². The van der Waals surface area contributed by atoms with Gasteiger partial charge in [0.1, 0.15) is 0 Å². The molecule has 0 saturated carbocycles. The van der Waals surface area contributed by atoms with Crippen molar-refractivity contribution in [2.45, 2.75) is 19.4 Å². The molecule has 2 amide bonds. The summed E-state index contributed by atoms with van der Waals surface area (Å²) in [5, 5.41) is 9.33. The predicted molar refractivity (Wildman–Crippen MR) is 86.8 cm³/mol. The maximum absolute atomic E-state index is 12.4. The first-order valence-corrected chi connectivity index (χ1v) is 7.33. The molecule has 9 heteroatoms. The summed E-state index contributed by atoms with van der Waals surface area (Å²) in [6.45, 7) is 1.41. The minimum Gasteiger partial charge on any atom is -0.439 e. The molecule has 24 heavy (non-hydrogen) atoms. The Morgan fingerprint density at radius 3 is 2.75 bits per heavy atom. The fraction of sp³-hybridized carbons (Fsp3) is 0.200. The van der Waals surface area contributed by atoms with Gasteiger partial charge in [-0.1, -0.05) is 17.7 Å². The van der Waals surface area contributed by atoms with E-state index in [0.29, 0.717) is 16.4 Å². The molecule has 1 aromatic carbocycles. The Morgan fingerprint density at radius 1 is 1.38 bits per heavy atom. The fourth-order valence-corrected chi connectivity index (χ4v) is 2.17. The van der Waals surface area contributed by atoms with Gasteiger partial charge in [0.2, 0.25) is 0 Å². The second-order valence-corrected chi connectivity index (χ2v) is 5.37. The third-order valence-electron chi connectivity index (χ3n) is 3.17. The van der Waals surface area contributed by atoms with Crippen molar-refractivity contribution >= 4 is 35.2 Å². The van der Waals surface area contributed by atoms with Gasteiger partial charge in [0.05, 0.1) is 0 Å². The summed E-state index contributed by atoms with van der Waals surface area (Å²) in [7, 11) is 0. The van der Waals surface area contributed by atoms with E-state index in [1.807, 2.05) is 0 Å². The Bertz CT molecular complexity index is 761. The van der Waals surface area contributed by atoms with E-state index >= 15 is 0 Å². The molecule has 0 radical (unpaired) electrons. The van der Waals surface area contributed by atoms with E-state index in [1.54, 1.807) is 24.4 Å². The highest BCUT2D eigenvalue weighted by atomic mass is 35.5. The van der Waals surface area contributed by atoms with Gasteiger partial charge in [0.15, 0.2) is 17.7 Å². The largest absolute Gasteiger partial charge is 0.439 e. The van der Waals surface area contributed by atoms with Gasteiger partial charge in [0, 0.05) is 29.3 Å². The van der Waals surface area contributed by atoms with Crippen LogP contribution in [0.3, 0.4) is 0 Å². The number of hydrogen-bond donors (Lipinski definition) is 3. The number of carbonyl (C=O) groups is 3. The van der Waals surface area contributed by atoms with Crippen LogP contribution in [0.1, 0.15) is 22.8 Å². The summed E-state index contributed by atoms with van der Waals surface area (Å²) in [5.41, 5.74) is 5.56. The van der Waals surface area contributed by atoms with Crippen LogP contribution < -0.4 is 11.1 Å². The van der Waals surface area contributed by atoms with Crippen molar-refractivity contribution in [1.29, 1.82) is 0 Å². The number of H-pyrrole nitrogens is 1. The Labute approximate surface area is 142 Å². The van der Waals surface area contributed by atoms with E-state index in [9.17, 15) is 14.4 Å². The number of anilines is 1. The van der Waals surface area contributed by atoms with Crippen LogP contribution >= 0.6 is 11.6 Å². The Balaban J connectivity index is 2.19. The molecular weight excluding hydrogens is 336 g/mol. The molecule has 2 rings (SSSR count). The van der Waals surface area contributed by atoms with E-state index < -0.39 is 23.9 Å². The van der Waals surface area contributed by atoms with E-state index in [4.69, 9.17) is 17.3 Å². The normalized spacial score (nSPS) is 11.6. The zero-order chi connectivity index (χ0) is 17.7. The van der Waals surface area contributed by atoms with E-state index in [0.717, 1.165) is 0 Å². The van der Waals surface area contributed by atoms with Crippen LogP contribution in [-0.2, 0) is 16.0 Å². The van der Waals surface area contributed by atoms with Crippen LogP contribution in [0.2, 0.25) is 5.02 Å². The smallest absolute Gasteiger partial charge is 0.405 e. The van der Waals surface area contributed by atoms with Gasteiger partial charge < -0.3 is 15.8 Å². The zero-order valence-electron chi connectivity index (χ0n) is 12.7. The number of ketones is 1. The number of nitrogens with two attached hydrogens (primary N) is 1. The average molecular weight is 351 g/mol. The van der Waals surface area contributed by atoms with Crippen LogP contribution in [0.25, 0.3) is 0 Å². The number of benzene rings is 1. The second-order valence-electron chi connectivity index (χ2n) is 4.94. The molecule has 126 valence electrons. The molecule has 2 aromatic rings. The van der Waals surface area contributed by atoms with Crippen LogP contribution in [0.4, 0.5) is 10.6 Å². The molecule has 8 nitrogen and oxygen atoms in total. The van der Waals surface area contributed by atoms with Gasteiger partial charge in [-0.15, -0.1) is 0 Å². The molecule has 0 saturated heterocycles. The van der Waals surface area contributed by atoms with Crippen LogP contribution in [-0.4, -0.2) is 34.1 Å². The number of halogens is 1. The predicted octanol–water partition coefficient (Wildman–Crippen LogP) is 1.91. The standard InChI is InChI=1S/C15H15ClN4O4/c1-8(24-15(17)23)12(21)6-9-2-3-10(16)7-11(9)14(22)19-13-4-5-18-20-13/h2-5,7-8H,6H2,1H3,(H2,17,23)(H2,18,19,20,22). The minimum atomic E-state index is -1.04. The number of nitrogens with zero attached hydrogens (tertiary/aromatic N) is 1. The van der Waals surface area contributed by atoms with E-state index in [2.05, 4.69) is 20.3 Å². The lowest BCUT2D eigenvalue weighted by Gasteiger charge is -2.13. The summed E-state index contributed by atoms with van der Waals surface area (Å²) in [4.78, 5) is 35.2. The average Bonchev–Trinajstić information content (AvgIpc) is 3.01. The first-order chi connectivity index (χ1) is 11.4. The first-order valence-electron chi connectivity index (χ1n) is 6.95. The molecule has 1 atom stereocenters. The Hall–Kier alpha value is -2.87. The SMILES string of the molecule is CC(OC(N)=O)C(=O)Cc1ccc(Cl)cc1C(=O)Nc1cc[nH]n1. The number of hydrogen-bond acceptors (Lipinski definition) is 5. The van der Waals surface area contributed by atoms with Crippen molar-refractivity contribution in [1.82, 2.24) is 10.2 Å². The molecule has 4 N–H and O–H groups in total. The quantitative estimate of drug-likeness (QED) is 0.733. The van der Waals surface area contributed by atoms with Gasteiger partial charge in [-0.3, -0.25) is 14.7 Å². The van der Waals surface area contributed by atoms with Crippen LogP contribution in [0.15, 0.2) is 30.5 Å². The van der Waals surface area contributed by atoms with Crippen LogP contribution in [0, 0.1) is 0 Å². The van der Waals surface area contributed by atoms with Crippen molar-refractivity contribution in [2.75, 3.05) is 5.32 Å². The summed E-state index contributed by atoms with van der Waals surface area (Å²) in [5.74, 6) is -0.525. The van der Waals surface area contributed by atoms with Gasteiger partial charge in [0.25, 0.3) is 5.91 Å². The van der Waals surface area contributed by atoms with Crippen molar-refractivity contribution < 1.29 is 19.1 Å². The lowest BCUT2D eigenvalue weighted by atomic mass is 10.00. The third-order valence-corrected chi connectivity index (χ3v) is 3.41. The summed E-state index contributed by atoms with van der Waals surface area (Å²) in [6.07, 6.45) is -0.612. The van der Waals surface area contributed by atoms with Crippen molar-refractivity contribution in [3.05, 3.63) is 46.6 Å². The number of carbonyl (C=O) groups excluding carboxylic acids is 3. The molecule has 1 unspecified atom stereocenters. The maximum atomic E-state index is 12.4. The van der Waals surface area contributed by atoms with Gasteiger partial charge in [-0.05, 0) is 24.6 Å². The molecule has 1 aromatic heterocycles. The van der Waals surface area contributed by atoms with Gasteiger partial charge in [-0.2, -0.15) is 5.10 Å². The molecule has 0 aliphatic rings. The summed E-state index contributed by atoms with van der Waals surface area (Å²) < 4.78 is 4.64. The minimum absolute atomic E-state index is 0.116. The Morgan fingerprint density at radius 2 is 2.12 bits per heavy atom.